The minimum Gasteiger partial charge on any atom is -0.469 e. The van der Waals surface area contributed by atoms with Gasteiger partial charge in [-0.15, -0.1) is 0 Å². The van der Waals surface area contributed by atoms with Gasteiger partial charge >= 0.3 is 5.97 Å². The van der Waals surface area contributed by atoms with E-state index in [4.69, 9.17) is 11.6 Å². The van der Waals surface area contributed by atoms with E-state index in [1.54, 1.807) is 0 Å². The Balaban J connectivity index is 2.62. The lowest BCUT2D eigenvalue weighted by Gasteiger charge is -2.13. The Labute approximate surface area is 153 Å². The summed E-state index contributed by atoms with van der Waals surface area (Å²) in [6.45, 7) is 0.404. The zero-order valence-electron chi connectivity index (χ0n) is 14.5. The number of hydrogen-bond donors (Lipinski definition) is 1. The van der Waals surface area contributed by atoms with E-state index >= 15 is 0 Å². The Kier molecular flexibility index (Phi) is 8.34. The van der Waals surface area contributed by atoms with Crippen molar-refractivity contribution in [1.29, 1.82) is 0 Å². The first kappa shape index (κ1) is 21.4. The van der Waals surface area contributed by atoms with Crippen molar-refractivity contribution < 1.29 is 22.7 Å². The van der Waals surface area contributed by atoms with Gasteiger partial charge in [0, 0.05) is 27.1 Å². The van der Waals surface area contributed by atoms with E-state index in [2.05, 4.69) is 10.1 Å². The molecule has 0 aliphatic rings. The van der Waals surface area contributed by atoms with Gasteiger partial charge in [-0.3, -0.25) is 9.59 Å². The molecule has 0 saturated heterocycles. The fraction of sp³-hybridized carbons (Fsp3) is 0.500. The number of nitrogens with one attached hydrogen (secondary N) is 1. The molecular formula is C16H23ClN2O5S. The van der Waals surface area contributed by atoms with Crippen LogP contribution in [0.25, 0.3) is 0 Å². The van der Waals surface area contributed by atoms with Gasteiger partial charge in [0.15, 0.2) is 0 Å². The van der Waals surface area contributed by atoms with Crippen LogP contribution in [0.2, 0.25) is 5.02 Å². The molecule has 0 fully saturated rings. The van der Waals surface area contributed by atoms with E-state index in [1.807, 2.05) is 0 Å². The molecule has 0 saturated carbocycles. The zero-order chi connectivity index (χ0) is 19.0. The maximum atomic E-state index is 12.2. The van der Waals surface area contributed by atoms with Crippen molar-refractivity contribution in [2.45, 2.75) is 30.6 Å². The van der Waals surface area contributed by atoms with Crippen LogP contribution < -0.4 is 5.32 Å². The van der Waals surface area contributed by atoms with Crippen LogP contribution in [-0.4, -0.2) is 52.3 Å². The summed E-state index contributed by atoms with van der Waals surface area (Å²) in [5.74, 6) is -0.691. The number of esters is 1. The summed E-state index contributed by atoms with van der Waals surface area (Å²) >= 11 is 6.01. The average molecular weight is 391 g/mol. The Morgan fingerprint density at radius 1 is 1.20 bits per heavy atom. The first-order valence-corrected chi connectivity index (χ1v) is 9.59. The molecule has 25 heavy (non-hydrogen) atoms. The Bertz CT molecular complexity index is 719. The lowest BCUT2D eigenvalue weighted by Crippen LogP contribution is -2.26. The predicted octanol–water partition coefficient (Wildman–Crippen LogP) is 2.05. The van der Waals surface area contributed by atoms with Crippen LogP contribution in [0, 0.1) is 0 Å². The SMILES string of the molecule is COC(=O)CCCCCNC(=O)c1cc(S(=O)(=O)N(C)C)ccc1Cl. The van der Waals surface area contributed by atoms with Gasteiger partial charge < -0.3 is 10.1 Å². The van der Waals surface area contributed by atoms with Crippen molar-refractivity contribution in [2.75, 3.05) is 27.7 Å². The quantitative estimate of drug-likeness (QED) is 0.514. The van der Waals surface area contributed by atoms with Gasteiger partial charge in [-0.05, 0) is 31.0 Å². The third-order valence-electron chi connectivity index (χ3n) is 3.53. The molecule has 0 aliphatic heterocycles. The van der Waals surface area contributed by atoms with E-state index in [1.165, 1.54) is 39.4 Å². The molecule has 1 amide bonds. The molecule has 0 aliphatic carbocycles. The number of rotatable bonds is 9. The smallest absolute Gasteiger partial charge is 0.305 e. The molecule has 1 aromatic rings. The average Bonchev–Trinajstić information content (AvgIpc) is 2.57. The number of ether oxygens (including phenoxy) is 1. The standard InChI is InChI=1S/C16H23ClN2O5S/c1-19(2)25(22,23)12-8-9-14(17)13(11-12)16(21)18-10-6-4-5-7-15(20)24-3/h8-9,11H,4-7,10H2,1-3H3,(H,18,21). The third-order valence-corrected chi connectivity index (χ3v) is 5.67. The van der Waals surface area contributed by atoms with Crippen molar-refractivity contribution in [1.82, 2.24) is 9.62 Å². The molecule has 1 N–H and O–H groups in total. The molecule has 1 rings (SSSR count). The van der Waals surface area contributed by atoms with Crippen LogP contribution in [-0.2, 0) is 19.6 Å². The minimum absolute atomic E-state index is 0.00475. The van der Waals surface area contributed by atoms with Crippen molar-refractivity contribution >= 4 is 33.5 Å². The monoisotopic (exact) mass is 390 g/mol. The number of amides is 1. The lowest BCUT2D eigenvalue weighted by atomic mass is 10.2. The molecule has 1 aromatic carbocycles. The van der Waals surface area contributed by atoms with Gasteiger partial charge in [0.05, 0.1) is 22.6 Å². The molecule has 0 spiro atoms. The molecule has 0 heterocycles. The Hall–Kier alpha value is -1.64. The molecule has 0 bridgehead atoms. The van der Waals surface area contributed by atoms with E-state index in [0.717, 1.165) is 10.7 Å². The van der Waals surface area contributed by atoms with Gasteiger partial charge in [-0.1, -0.05) is 18.0 Å². The number of unbranched alkanes of at least 4 members (excludes halogenated alkanes) is 2. The highest BCUT2D eigenvalue weighted by Crippen LogP contribution is 2.22. The summed E-state index contributed by atoms with van der Waals surface area (Å²) < 4.78 is 29.9. The number of hydrogen-bond acceptors (Lipinski definition) is 5. The normalized spacial score (nSPS) is 11.4. The van der Waals surface area contributed by atoms with Crippen molar-refractivity contribution in [2.24, 2.45) is 0 Å². The van der Waals surface area contributed by atoms with Crippen LogP contribution in [0.4, 0.5) is 0 Å². The van der Waals surface area contributed by atoms with Crippen molar-refractivity contribution in [3.8, 4) is 0 Å². The van der Waals surface area contributed by atoms with Crippen LogP contribution in [0.15, 0.2) is 23.1 Å². The molecule has 0 unspecified atom stereocenters. The zero-order valence-corrected chi connectivity index (χ0v) is 16.1. The van der Waals surface area contributed by atoms with Crippen LogP contribution in [0.5, 0.6) is 0 Å². The number of carbonyl (C=O) groups is 2. The fourth-order valence-electron chi connectivity index (χ4n) is 2.02. The first-order chi connectivity index (χ1) is 11.7. The number of carbonyl (C=O) groups excluding carboxylic acids is 2. The third kappa shape index (κ3) is 6.30. The van der Waals surface area contributed by atoms with Crippen LogP contribution in [0.1, 0.15) is 36.0 Å². The second-order valence-corrected chi connectivity index (χ2v) is 8.13. The molecule has 140 valence electrons. The second-order valence-electron chi connectivity index (χ2n) is 5.57. The first-order valence-electron chi connectivity index (χ1n) is 7.77. The molecular weight excluding hydrogens is 368 g/mol. The molecule has 9 heteroatoms. The highest BCUT2D eigenvalue weighted by Gasteiger charge is 2.20. The van der Waals surface area contributed by atoms with Gasteiger partial charge in [-0.2, -0.15) is 0 Å². The van der Waals surface area contributed by atoms with Gasteiger partial charge in [0.2, 0.25) is 10.0 Å². The largest absolute Gasteiger partial charge is 0.469 e. The second kappa shape index (κ2) is 9.74. The fourth-order valence-corrected chi connectivity index (χ4v) is 3.15. The summed E-state index contributed by atoms with van der Waals surface area (Å²) in [6, 6.07) is 4.02. The number of methoxy groups -OCH3 is 1. The van der Waals surface area contributed by atoms with Crippen molar-refractivity contribution in [3.05, 3.63) is 28.8 Å². The van der Waals surface area contributed by atoms with Gasteiger partial charge in [-0.25, -0.2) is 12.7 Å². The van der Waals surface area contributed by atoms with Crippen LogP contribution >= 0.6 is 11.6 Å². The maximum Gasteiger partial charge on any atom is 0.305 e. The Morgan fingerprint density at radius 3 is 2.48 bits per heavy atom. The maximum absolute atomic E-state index is 12.2. The molecule has 0 radical (unpaired) electrons. The number of sulfonamides is 1. The summed E-state index contributed by atoms with van der Waals surface area (Å²) in [7, 11) is 0.532. The van der Waals surface area contributed by atoms with Crippen molar-refractivity contribution in [3.63, 3.8) is 0 Å². The lowest BCUT2D eigenvalue weighted by molar-refractivity contribution is -0.140. The summed E-state index contributed by atoms with van der Waals surface area (Å²) in [6.07, 6.45) is 2.48. The molecule has 0 atom stereocenters. The van der Waals surface area contributed by atoms with E-state index in [0.29, 0.717) is 25.8 Å². The minimum atomic E-state index is -3.64. The van der Waals surface area contributed by atoms with Gasteiger partial charge in [0.1, 0.15) is 0 Å². The number of halogens is 1. The highest BCUT2D eigenvalue weighted by molar-refractivity contribution is 7.89. The van der Waals surface area contributed by atoms with E-state index in [9.17, 15) is 18.0 Å². The summed E-state index contributed by atoms with van der Waals surface area (Å²) in [4.78, 5) is 23.2. The number of benzene rings is 1. The topological polar surface area (TPSA) is 92.8 Å². The van der Waals surface area contributed by atoms with Crippen LogP contribution in [0.3, 0.4) is 0 Å². The highest BCUT2D eigenvalue weighted by atomic mass is 35.5. The summed E-state index contributed by atoms with van der Waals surface area (Å²) in [5.41, 5.74) is 0.110. The summed E-state index contributed by atoms with van der Waals surface area (Å²) in [5, 5.41) is 2.88. The Morgan fingerprint density at radius 2 is 1.88 bits per heavy atom. The predicted molar refractivity (Wildman–Crippen MR) is 95.1 cm³/mol. The van der Waals surface area contributed by atoms with E-state index < -0.39 is 15.9 Å². The molecule has 7 nitrogen and oxygen atoms in total. The molecule has 0 aromatic heterocycles. The number of nitrogens with zero attached hydrogens (tertiary/aromatic N) is 1. The van der Waals surface area contributed by atoms with Gasteiger partial charge in [0.25, 0.3) is 5.91 Å². The van der Waals surface area contributed by atoms with E-state index in [-0.39, 0.29) is 21.5 Å².